The third-order valence-electron chi connectivity index (χ3n) is 10.1. The van der Waals surface area contributed by atoms with Crippen LogP contribution in [0.15, 0.2) is 0 Å². The number of nitrogens with one attached hydrogen (secondary N) is 8. The summed E-state index contributed by atoms with van der Waals surface area (Å²) in [5.74, 6) is -12.8. The number of nitrogens with two attached hydrogens (primary N) is 4. The molecule has 0 aliphatic carbocycles. The number of carboxylic acid groups (broad SMARTS) is 1. The van der Waals surface area contributed by atoms with Crippen LogP contribution >= 0.6 is 0 Å². The molecule has 0 spiro atoms. The average Bonchev–Trinajstić information content (AvgIpc) is 3.23. The van der Waals surface area contributed by atoms with Crippen molar-refractivity contribution in [3.05, 3.63) is 0 Å². The largest absolute Gasteiger partial charge is 0.480 e. The van der Waals surface area contributed by atoms with E-state index in [-0.39, 0.29) is 38.0 Å². The second-order valence-corrected chi connectivity index (χ2v) is 16.6. The van der Waals surface area contributed by atoms with Gasteiger partial charge in [-0.1, -0.05) is 48.0 Å². The molecule has 0 radical (unpaired) electrons. The van der Waals surface area contributed by atoms with Crippen molar-refractivity contribution in [1.29, 1.82) is 0 Å². The van der Waals surface area contributed by atoms with Crippen molar-refractivity contribution in [2.75, 3.05) is 13.2 Å². The first-order chi connectivity index (χ1) is 30.7. The molecule has 0 heterocycles. The number of aliphatic hydroxyl groups is 1. The molecule has 0 saturated heterocycles. The SMILES string of the molecule is CC[C@H](C)[C@H](NC(=O)[C@H](CCC(N)=O)NC(=O)[C@H](CO)NC(=O)[C@H](CCC(N)=O)NC(=O)[C@H](CC(C)C)NC(=O)CN)C(=O)N[C@@H](C)C(=O)N[C@@H](CCC(N)=O)C(=O)N[C@H](C(=O)O)C(C)C. The van der Waals surface area contributed by atoms with Gasteiger partial charge in [0.2, 0.25) is 65.0 Å². The van der Waals surface area contributed by atoms with E-state index >= 15 is 0 Å². The maximum absolute atomic E-state index is 13.8. The van der Waals surface area contributed by atoms with Gasteiger partial charge in [0.25, 0.3) is 0 Å². The van der Waals surface area contributed by atoms with Gasteiger partial charge in [0, 0.05) is 19.3 Å². The number of hydrogen-bond acceptors (Lipinski definition) is 14. The van der Waals surface area contributed by atoms with E-state index in [0.717, 1.165) is 0 Å². The minimum absolute atomic E-state index is 0.114. The van der Waals surface area contributed by atoms with Crippen LogP contribution in [-0.4, -0.2) is 143 Å². The van der Waals surface area contributed by atoms with Crippen molar-refractivity contribution in [3.8, 4) is 0 Å². The maximum Gasteiger partial charge on any atom is 0.326 e. The minimum Gasteiger partial charge on any atom is -0.480 e. The Morgan fingerprint density at radius 3 is 1.23 bits per heavy atom. The molecule has 0 aromatic heterocycles. The summed E-state index contributed by atoms with van der Waals surface area (Å²) in [5.41, 5.74) is 21.2. The van der Waals surface area contributed by atoms with Crippen molar-refractivity contribution >= 4 is 70.9 Å². The van der Waals surface area contributed by atoms with Crippen molar-refractivity contribution in [2.45, 2.75) is 148 Å². The van der Waals surface area contributed by atoms with Crippen LogP contribution in [0.2, 0.25) is 0 Å². The zero-order chi connectivity index (χ0) is 51.0. The van der Waals surface area contributed by atoms with E-state index < -0.39 is 164 Å². The van der Waals surface area contributed by atoms with Crippen molar-refractivity contribution in [1.82, 2.24) is 42.5 Å². The Balaban J connectivity index is 6.35. The van der Waals surface area contributed by atoms with E-state index in [0.29, 0.717) is 0 Å². The van der Waals surface area contributed by atoms with Gasteiger partial charge in [-0.15, -0.1) is 0 Å². The summed E-state index contributed by atoms with van der Waals surface area (Å²) >= 11 is 0. The number of hydrogen-bond donors (Lipinski definition) is 14. The zero-order valence-electron chi connectivity index (χ0n) is 38.5. The Labute approximate surface area is 382 Å². The van der Waals surface area contributed by atoms with Gasteiger partial charge in [0.05, 0.1) is 13.2 Å². The third kappa shape index (κ3) is 22.5. The number of carbonyl (C=O) groups is 12. The summed E-state index contributed by atoms with van der Waals surface area (Å²) in [6.45, 7) is 9.60. The van der Waals surface area contributed by atoms with E-state index in [1.807, 2.05) is 0 Å². The molecule has 0 aliphatic rings. The van der Waals surface area contributed by atoms with Crippen molar-refractivity contribution < 1.29 is 67.7 Å². The van der Waals surface area contributed by atoms with Gasteiger partial charge < -0.3 is 75.7 Å². The molecule has 0 fully saturated rings. The third-order valence-corrected chi connectivity index (χ3v) is 10.1. The first-order valence-electron chi connectivity index (χ1n) is 21.5. The van der Waals surface area contributed by atoms with Crippen LogP contribution in [0.4, 0.5) is 0 Å². The van der Waals surface area contributed by atoms with Gasteiger partial charge in [-0.05, 0) is 50.4 Å². The summed E-state index contributed by atoms with van der Waals surface area (Å²) in [7, 11) is 0. The van der Waals surface area contributed by atoms with Crippen LogP contribution in [-0.2, 0) is 57.5 Å². The van der Waals surface area contributed by atoms with Crippen LogP contribution in [0.5, 0.6) is 0 Å². The number of amides is 11. The van der Waals surface area contributed by atoms with Crippen LogP contribution in [0.25, 0.3) is 0 Å². The average molecular weight is 943 g/mol. The monoisotopic (exact) mass is 943 g/mol. The van der Waals surface area contributed by atoms with E-state index in [2.05, 4.69) is 42.5 Å². The minimum atomic E-state index is -1.81. The predicted molar refractivity (Wildman–Crippen MR) is 234 cm³/mol. The Hall–Kier alpha value is -6.44. The molecule has 9 atom stereocenters. The highest BCUT2D eigenvalue weighted by atomic mass is 16.4. The Morgan fingerprint density at radius 1 is 0.485 bits per heavy atom. The van der Waals surface area contributed by atoms with Gasteiger partial charge in [-0.2, -0.15) is 0 Å². The summed E-state index contributed by atoms with van der Waals surface area (Å²) < 4.78 is 0. The van der Waals surface area contributed by atoms with E-state index in [9.17, 15) is 67.7 Å². The van der Waals surface area contributed by atoms with Crippen molar-refractivity contribution in [2.24, 2.45) is 40.7 Å². The van der Waals surface area contributed by atoms with E-state index in [1.54, 1.807) is 27.7 Å². The normalized spacial score (nSPS) is 15.1. The lowest BCUT2D eigenvalue weighted by atomic mass is 9.97. The van der Waals surface area contributed by atoms with Crippen LogP contribution < -0.4 is 65.5 Å². The number of carbonyl (C=O) groups excluding carboxylic acids is 11. The van der Waals surface area contributed by atoms with Gasteiger partial charge in [0.15, 0.2) is 0 Å². The predicted octanol–water partition coefficient (Wildman–Crippen LogP) is -5.54. The molecule has 0 bridgehead atoms. The fourth-order valence-electron chi connectivity index (χ4n) is 6.02. The fraction of sp³-hybridized carbons (Fsp3) is 0.700. The summed E-state index contributed by atoms with van der Waals surface area (Å²) in [5, 5.41) is 38.7. The molecule has 0 saturated carbocycles. The van der Waals surface area contributed by atoms with Gasteiger partial charge in [0.1, 0.15) is 48.3 Å². The van der Waals surface area contributed by atoms with Gasteiger partial charge in [-0.3, -0.25) is 52.7 Å². The molecule has 26 nitrogen and oxygen atoms in total. The quantitative estimate of drug-likeness (QED) is 0.0299. The smallest absolute Gasteiger partial charge is 0.326 e. The van der Waals surface area contributed by atoms with E-state index in [4.69, 9.17) is 22.9 Å². The summed E-state index contributed by atoms with van der Waals surface area (Å²) in [6.07, 6.45) is -1.98. The summed E-state index contributed by atoms with van der Waals surface area (Å²) in [4.78, 5) is 153. The topological polar surface area (TPSA) is 446 Å². The molecule has 0 aromatic carbocycles. The second-order valence-electron chi connectivity index (χ2n) is 16.6. The number of carboxylic acids is 1. The fourth-order valence-corrected chi connectivity index (χ4v) is 6.02. The summed E-state index contributed by atoms with van der Waals surface area (Å²) in [6, 6.07) is -11.7. The molecule has 374 valence electrons. The molecule has 18 N–H and O–H groups in total. The highest BCUT2D eigenvalue weighted by molar-refractivity contribution is 5.98. The lowest BCUT2D eigenvalue weighted by Gasteiger charge is -2.29. The Kier molecular flexibility index (Phi) is 27.0. The molecule has 0 rings (SSSR count). The second kappa shape index (κ2) is 29.9. The first-order valence-corrected chi connectivity index (χ1v) is 21.5. The van der Waals surface area contributed by atoms with E-state index in [1.165, 1.54) is 20.8 Å². The van der Waals surface area contributed by atoms with Crippen LogP contribution in [0.1, 0.15) is 99.8 Å². The van der Waals surface area contributed by atoms with Gasteiger partial charge >= 0.3 is 5.97 Å². The number of rotatable bonds is 32. The lowest BCUT2D eigenvalue weighted by molar-refractivity contribution is -0.143. The number of aliphatic carboxylic acids is 1. The number of primary amides is 3. The van der Waals surface area contributed by atoms with Gasteiger partial charge in [-0.25, -0.2) is 4.79 Å². The number of aliphatic hydroxyl groups excluding tert-OH is 1. The van der Waals surface area contributed by atoms with Crippen LogP contribution in [0.3, 0.4) is 0 Å². The molecule has 0 unspecified atom stereocenters. The van der Waals surface area contributed by atoms with Crippen LogP contribution in [0, 0.1) is 17.8 Å². The highest BCUT2D eigenvalue weighted by Gasteiger charge is 2.36. The Morgan fingerprint density at radius 2 is 0.864 bits per heavy atom. The molecule has 0 aromatic rings. The molecule has 0 aliphatic heterocycles. The zero-order valence-corrected chi connectivity index (χ0v) is 38.5. The molecule has 26 heteroatoms. The Bertz CT molecular complexity index is 1750. The molecule has 66 heavy (non-hydrogen) atoms. The molecular formula is C40H70N12O14. The highest BCUT2D eigenvalue weighted by Crippen LogP contribution is 2.12. The van der Waals surface area contributed by atoms with Crippen molar-refractivity contribution in [3.63, 3.8) is 0 Å². The maximum atomic E-state index is 13.8. The lowest BCUT2D eigenvalue weighted by Crippen LogP contribution is -2.61. The molecule has 11 amide bonds. The first kappa shape index (κ1) is 59.6. The standard InChI is InChI=1S/C40H70N12O14/c1-8-20(6)32(39(64)45-21(7)33(58)47-23(10-13-28(43)55)35(60)51-31(19(4)5)40(65)66)52-36(61)24(11-14-29(44)56)49-38(63)26(17-53)50-34(59)22(9-12-27(42)54)48-37(62)25(15-18(2)3)46-30(57)16-41/h18-26,31-32,53H,8-17,41H2,1-7H3,(H2,42,54)(H2,43,55)(H2,44,56)(H,45,64)(H,46,57)(H,47,58)(H,48,62)(H,49,63)(H,50,59)(H,51,60)(H,52,61)(H,65,66)/t20-,21-,22-,23-,24-,25-,26-,31-,32-/m0/s1. The molecular weight excluding hydrogens is 873 g/mol.